The first-order valence-electron chi connectivity index (χ1n) is 8.97. The summed E-state index contributed by atoms with van der Waals surface area (Å²) in [7, 11) is 0. The van der Waals surface area contributed by atoms with Crippen molar-refractivity contribution in [2.45, 2.75) is 26.7 Å². The van der Waals surface area contributed by atoms with Crippen molar-refractivity contribution in [3.63, 3.8) is 0 Å². The molecule has 0 atom stereocenters. The van der Waals surface area contributed by atoms with E-state index in [4.69, 9.17) is 0 Å². The average Bonchev–Trinajstić information content (AvgIpc) is 3.15. The first-order chi connectivity index (χ1) is 12.1. The number of nitrogens with one attached hydrogen (secondary N) is 2. The Labute approximate surface area is 149 Å². The Morgan fingerprint density at radius 3 is 2.52 bits per heavy atom. The lowest BCUT2D eigenvalue weighted by atomic mass is 10.2. The van der Waals surface area contributed by atoms with Gasteiger partial charge in [-0.3, -0.25) is 9.78 Å². The van der Waals surface area contributed by atoms with E-state index in [1.165, 1.54) is 18.5 Å². The van der Waals surface area contributed by atoms with Gasteiger partial charge in [-0.1, -0.05) is 13.8 Å². The van der Waals surface area contributed by atoms with Crippen molar-refractivity contribution < 1.29 is 4.79 Å². The molecule has 2 heterocycles. The van der Waals surface area contributed by atoms with Gasteiger partial charge in [-0.15, -0.1) is 0 Å². The Balaban J connectivity index is 1.64. The summed E-state index contributed by atoms with van der Waals surface area (Å²) in [6.45, 7) is 7.09. The average molecular weight is 338 g/mol. The maximum Gasteiger partial charge on any atom is 0.252 e. The van der Waals surface area contributed by atoms with Crippen LogP contribution in [0.4, 0.5) is 17.1 Å². The molecule has 3 rings (SSSR count). The summed E-state index contributed by atoms with van der Waals surface area (Å²) in [5, 5.41) is 6.24. The predicted molar refractivity (Wildman–Crippen MR) is 103 cm³/mol. The van der Waals surface area contributed by atoms with Crippen LogP contribution in [0.1, 0.15) is 37.0 Å². The molecule has 0 saturated carbocycles. The first kappa shape index (κ1) is 17.3. The third-order valence-electron chi connectivity index (χ3n) is 4.30. The van der Waals surface area contributed by atoms with Crippen molar-refractivity contribution in [3.8, 4) is 0 Å². The number of hydrogen-bond acceptors (Lipinski definition) is 4. The number of rotatable bonds is 6. The van der Waals surface area contributed by atoms with Crippen LogP contribution in [0.15, 0.2) is 42.7 Å². The molecule has 5 heteroatoms. The molecule has 25 heavy (non-hydrogen) atoms. The smallest absolute Gasteiger partial charge is 0.252 e. The lowest BCUT2D eigenvalue weighted by Gasteiger charge is -2.18. The number of nitrogens with zero attached hydrogens (tertiary/aromatic N) is 2. The summed E-state index contributed by atoms with van der Waals surface area (Å²) in [5.41, 5.74) is 3.64. The molecule has 1 saturated heterocycles. The van der Waals surface area contributed by atoms with E-state index < -0.39 is 0 Å². The second-order valence-electron chi connectivity index (χ2n) is 6.93. The summed E-state index contributed by atoms with van der Waals surface area (Å²) < 4.78 is 0. The third-order valence-corrected chi connectivity index (χ3v) is 4.30. The molecule has 1 fully saturated rings. The largest absolute Gasteiger partial charge is 0.372 e. The van der Waals surface area contributed by atoms with E-state index >= 15 is 0 Å². The molecule has 1 amide bonds. The zero-order valence-electron chi connectivity index (χ0n) is 15.0. The van der Waals surface area contributed by atoms with Crippen LogP contribution in [0.2, 0.25) is 0 Å². The Kier molecular flexibility index (Phi) is 5.53. The highest BCUT2D eigenvalue weighted by Crippen LogP contribution is 2.24. The van der Waals surface area contributed by atoms with Gasteiger partial charge in [0.15, 0.2) is 0 Å². The molecule has 0 radical (unpaired) electrons. The highest BCUT2D eigenvalue weighted by atomic mass is 16.1. The number of carbonyl (C=O) groups excluding carboxylic acids is 1. The highest BCUT2D eigenvalue weighted by Gasteiger charge is 2.12. The molecule has 1 aliphatic rings. The second kappa shape index (κ2) is 8.01. The molecule has 2 N–H and O–H groups in total. The molecule has 1 aromatic heterocycles. The van der Waals surface area contributed by atoms with Crippen molar-refractivity contribution in [2.24, 2.45) is 5.92 Å². The fraction of sp³-hybridized carbons (Fsp3) is 0.400. The van der Waals surface area contributed by atoms with Gasteiger partial charge in [-0.25, -0.2) is 0 Å². The lowest BCUT2D eigenvalue weighted by Crippen LogP contribution is -2.27. The topological polar surface area (TPSA) is 57.3 Å². The minimum absolute atomic E-state index is 0.0887. The van der Waals surface area contributed by atoms with E-state index in [0.717, 1.165) is 24.5 Å². The summed E-state index contributed by atoms with van der Waals surface area (Å²) in [6, 6.07) is 10.2. The summed E-state index contributed by atoms with van der Waals surface area (Å²) in [4.78, 5) is 18.7. The number of hydrogen-bond donors (Lipinski definition) is 2. The first-order valence-corrected chi connectivity index (χ1v) is 8.97. The zero-order valence-corrected chi connectivity index (χ0v) is 15.0. The standard InChI is InChI=1S/C20H26N4O/c1-15(2)12-22-20(25)16-11-18(14-21-13-16)23-17-5-7-19(8-6-17)24-9-3-4-10-24/h5-8,11,13-15,23H,3-4,9-10,12H2,1-2H3,(H,22,25). The van der Waals surface area contributed by atoms with Crippen molar-refractivity contribution >= 4 is 23.0 Å². The van der Waals surface area contributed by atoms with Gasteiger partial charge in [0, 0.05) is 37.2 Å². The monoisotopic (exact) mass is 338 g/mol. The Hall–Kier alpha value is -2.56. The van der Waals surface area contributed by atoms with Crippen molar-refractivity contribution in [1.29, 1.82) is 0 Å². The van der Waals surface area contributed by atoms with E-state index in [9.17, 15) is 4.79 Å². The minimum Gasteiger partial charge on any atom is -0.372 e. The number of aromatic nitrogens is 1. The Bertz CT molecular complexity index is 706. The summed E-state index contributed by atoms with van der Waals surface area (Å²) in [5.74, 6) is 0.335. The van der Waals surface area contributed by atoms with Crippen molar-refractivity contribution in [2.75, 3.05) is 29.9 Å². The van der Waals surface area contributed by atoms with Gasteiger partial charge in [0.05, 0.1) is 17.4 Å². The van der Waals surface area contributed by atoms with Gasteiger partial charge < -0.3 is 15.5 Å². The van der Waals surface area contributed by atoms with Gasteiger partial charge in [0.25, 0.3) is 5.91 Å². The Morgan fingerprint density at radius 1 is 1.12 bits per heavy atom. The fourth-order valence-electron chi connectivity index (χ4n) is 2.93. The van der Waals surface area contributed by atoms with Crippen molar-refractivity contribution in [1.82, 2.24) is 10.3 Å². The number of anilines is 3. The molecule has 1 aromatic carbocycles. The van der Waals surface area contributed by atoms with Gasteiger partial charge in [0.1, 0.15) is 0 Å². The molecule has 1 aliphatic heterocycles. The molecule has 0 bridgehead atoms. The van der Waals surface area contributed by atoms with E-state index in [2.05, 4.69) is 58.6 Å². The van der Waals surface area contributed by atoms with Crippen LogP contribution < -0.4 is 15.5 Å². The SMILES string of the molecule is CC(C)CNC(=O)c1cncc(Nc2ccc(N3CCCC3)cc2)c1. The molecule has 0 aliphatic carbocycles. The normalized spacial score (nSPS) is 14.0. The van der Waals surface area contributed by atoms with E-state index in [-0.39, 0.29) is 5.91 Å². The lowest BCUT2D eigenvalue weighted by molar-refractivity contribution is 0.0948. The van der Waals surface area contributed by atoms with Crippen LogP contribution in [-0.2, 0) is 0 Å². The van der Waals surface area contributed by atoms with E-state index in [0.29, 0.717) is 18.0 Å². The van der Waals surface area contributed by atoms with E-state index in [1.807, 2.05) is 6.07 Å². The fourth-order valence-corrected chi connectivity index (χ4v) is 2.93. The van der Waals surface area contributed by atoms with Crippen LogP contribution in [0, 0.1) is 5.92 Å². The predicted octanol–water partition coefficient (Wildman–Crippen LogP) is 3.81. The number of amides is 1. The van der Waals surface area contributed by atoms with E-state index in [1.54, 1.807) is 12.4 Å². The van der Waals surface area contributed by atoms with Gasteiger partial charge in [-0.05, 0) is 49.1 Å². The molecule has 5 nitrogen and oxygen atoms in total. The van der Waals surface area contributed by atoms with Crippen LogP contribution in [0.5, 0.6) is 0 Å². The molecule has 0 spiro atoms. The van der Waals surface area contributed by atoms with Crippen LogP contribution in [0.25, 0.3) is 0 Å². The molecule has 0 unspecified atom stereocenters. The number of pyridine rings is 1. The van der Waals surface area contributed by atoms with Gasteiger partial charge >= 0.3 is 0 Å². The Morgan fingerprint density at radius 2 is 1.84 bits per heavy atom. The zero-order chi connectivity index (χ0) is 17.6. The van der Waals surface area contributed by atoms with Crippen LogP contribution in [-0.4, -0.2) is 30.5 Å². The number of carbonyl (C=O) groups is 1. The molecule has 132 valence electrons. The minimum atomic E-state index is -0.0887. The third kappa shape index (κ3) is 4.72. The summed E-state index contributed by atoms with van der Waals surface area (Å²) in [6.07, 6.45) is 5.87. The molecular formula is C20H26N4O. The molecule has 2 aromatic rings. The molecular weight excluding hydrogens is 312 g/mol. The second-order valence-corrected chi connectivity index (χ2v) is 6.93. The van der Waals surface area contributed by atoms with Crippen LogP contribution >= 0.6 is 0 Å². The van der Waals surface area contributed by atoms with Crippen molar-refractivity contribution in [3.05, 3.63) is 48.3 Å². The van der Waals surface area contributed by atoms with Gasteiger partial charge in [-0.2, -0.15) is 0 Å². The number of benzene rings is 1. The van der Waals surface area contributed by atoms with Crippen LogP contribution in [0.3, 0.4) is 0 Å². The summed E-state index contributed by atoms with van der Waals surface area (Å²) >= 11 is 0. The van der Waals surface area contributed by atoms with Gasteiger partial charge in [0.2, 0.25) is 0 Å². The quantitative estimate of drug-likeness (QED) is 0.841. The highest BCUT2D eigenvalue weighted by molar-refractivity contribution is 5.94. The maximum atomic E-state index is 12.2. The maximum absolute atomic E-state index is 12.2.